The lowest BCUT2D eigenvalue weighted by Crippen LogP contribution is -2.67. The molecule has 2 atom stereocenters. The first-order chi connectivity index (χ1) is 11.5. The predicted octanol–water partition coefficient (Wildman–Crippen LogP) is 1.05. The van der Waals surface area contributed by atoms with E-state index in [0.717, 1.165) is 5.56 Å². The Balaban J connectivity index is 1.81. The Hall–Kier alpha value is -1.92. The molecular weight excluding hydrogens is 308 g/mol. The van der Waals surface area contributed by atoms with Crippen LogP contribution in [0.5, 0.6) is 0 Å². The highest BCUT2D eigenvalue weighted by Gasteiger charge is 2.49. The molecule has 0 aromatic heterocycles. The first-order valence-corrected chi connectivity index (χ1v) is 8.27. The van der Waals surface area contributed by atoms with Crippen molar-refractivity contribution in [3.8, 4) is 0 Å². The van der Waals surface area contributed by atoms with E-state index in [0.29, 0.717) is 26.1 Å². The van der Waals surface area contributed by atoms with Gasteiger partial charge in [0.05, 0.1) is 11.6 Å². The molecule has 0 N–H and O–H groups in total. The van der Waals surface area contributed by atoms with Crippen LogP contribution < -0.4 is 0 Å². The van der Waals surface area contributed by atoms with Crippen LogP contribution in [0.15, 0.2) is 30.3 Å². The van der Waals surface area contributed by atoms with Crippen molar-refractivity contribution < 1.29 is 19.1 Å². The Morgan fingerprint density at radius 3 is 2.83 bits per heavy atom. The fraction of sp³-hybridized carbons (Fsp3) is 0.556. The van der Waals surface area contributed by atoms with Gasteiger partial charge < -0.3 is 19.3 Å². The molecule has 0 bridgehead atoms. The maximum Gasteiger partial charge on any atom is 0.249 e. The van der Waals surface area contributed by atoms with Crippen molar-refractivity contribution in [3.05, 3.63) is 35.9 Å². The Morgan fingerprint density at radius 2 is 2.12 bits per heavy atom. The number of methoxy groups -OCH3 is 1. The summed E-state index contributed by atoms with van der Waals surface area (Å²) < 4.78 is 10.8. The normalized spacial score (nSPS) is 27.1. The van der Waals surface area contributed by atoms with E-state index in [9.17, 15) is 9.59 Å². The fourth-order valence-electron chi connectivity index (χ4n) is 3.52. The van der Waals surface area contributed by atoms with E-state index in [1.165, 1.54) is 7.11 Å². The Kier molecular flexibility index (Phi) is 4.87. The molecule has 0 aliphatic carbocycles. The van der Waals surface area contributed by atoms with E-state index in [1.807, 2.05) is 42.2 Å². The number of nitrogens with zero attached hydrogens (tertiary/aromatic N) is 2. The van der Waals surface area contributed by atoms with Gasteiger partial charge in [0, 0.05) is 26.7 Å². The summed E-state index contributed by atoms with van der Waals surface area (Å²) in [7, 11) is 1.51. The smallest absolute Gasteiger partial charge is 0.249 e. The lowest BCUT2D eigenvalue weighted by Gasteiger charge is -2.52. The topological polar surface area (TPSA) is 59.1 Å². The SMILES string of the molecule is COCC(=O)N1CC[C@@]2(C)OCC(=O)N(Cc3ccccc3)[C@@H]2C1. The largest absolute Gasteiger partial charge is 0.375 e. The van der Waals surface area contributed by atoms with Gasteiger partial charge in [-0.3, -0.25) is 9.59 Å². The molecule has 2 heterocycles. The molecule has 2 saturated heterocycles. The zero-order chi connectivity index (χ0) is 17.2. The average Bonchev–Trinajstić information content (AvgIpc) is 2.59. The van der Waals surface area contributed by atoms with Gasteiger partial charge in [-0.25, -0.2) is 0 Å². The number of carbonyl (C=O) groups excluding carboxylic acids is 2. The summed E-state index contributed by atoms with van der Waals surface area (Å²) in [5, 5.41) is 0. The zero-order valence-electron chi connectivity index (χ0n) is 14.2. The Morgan fingerprint density at radius 1 is 1.38 bits per heavy atom. The van der Waals surface area contributed by atoms with Gasteiger partial charge >= 0.3 is 0 Å². The summed E-state index contributed by atoms with van der Waals surface area (Å²) in [6, 6.07) is 9.77. The molecule has 2 aliphatic heterocycles. The summed E-state index contributed by atoms with van der Waals surface area (Å²) in [6.07, 6.45) is 0.714. The first kappa shape index (κ1) is 16.9. The van der Waals surface area contributed by atoms with Gasteiger partial charge in [0.2, 0.25) is 11.8 Å². The van der Waals surface area contributed by atoms with Crippen LogP contribution in [0.2, 0.25) is 0 Å². The molecule has 2 fully saturated rings. The lowest BCUT2D eigenvalue weighted by molar-refractivity contribution is -0.190. The molecule has 6 heteroatoms. The van der Waals surface area contributed by atoms with Gasteiger partial charge in [-0.2, -0.15) is 0 Å². The minimum Gasteiger partial charge on any atom is -0.375 e. The summed E-state index contributed by atoms with van der Waals surface area (Å²) in [5.41, 5.74) is 0.669. The van der Waals surface area contributed by atoms with Gasteiger partial charge in [-0.1, -0.05) is 30.3 Å². The minimum atomic E-state index is -0.410. The van der Waals surface area contributed by atoms with Crippen molar-refractivity contribution in [2.45, 2.75) is 31.5 Å². The maximum atomic E-state index is 12.5. The Labute approximate surface area is 142 Å². The van der Waals surface area contributed by atoms with Crippen molar-refractivity contribution in [1.82, 2.24) is 9.80 Å². The van der Waals surface area contributed by atoms with E-state index in [2.05, 4.69) is 0 Å². The number of benzene rings is 1. The number of piperidine rings is 1. The molecule has 0 radical (unpaired) electrons. The third kappa shape index (κ3) is 3.30. The highest BCUT2D eigenvalue weighted by atomic mass is 16.5. The van der Waals surface area contributed by atoms with Gasteiger partial charge in [0.1, 0.15) is 13.2 Å². The van der Waals surface area contributed by atoms with Crippen LogP contribution in [0.1, 0.15) is 18.9 Å². The van der Waals surface area contributed by atoms with Crippen molar-refractivity contribution in [3.63, 3.8) is 0 Å². The number of ether oxygens (including phenoxy) is 2. The average molecular weight is 332 g/mol. The third-order valence-electron chi connectivity index (χ3n) is 5.01. The number of rotatable bonds is 4. The van der Waals surface area contributed by atoms with Gasteiger partial charge in [0.15, 0.2) is 0 Å². The molecule has 6 nitrogen and oxygen atoms in total. The second-order valence-electron chi connectivity index (χ2n) is 6.65. The molecule has 2 aliphatic rings. The van der Waals surface area contributed by atoms with Gasteiger partial charge in [0.25, 0.3) is 0 Å². The second-order valence-corrected chi connectivity index (χ2v) is 6.65. The maximum absolute atomic E-state index is 12.5. The van der Waals surface area contributed by atoms with E-state index in [1.54, 1.807) is 4.90 Å². The van der Waals surface area contributed by atoms with Gasteiger partial charge in [-0.15, -0.1) is 0 Å². The summed E-state index contributed by atoms with van der Waals surface area (Å²) in [5.74, 6) is -0.0698. The molecular formula is C18H24N2O4. The molecule has 0 saturated carbocycles. The van der Waals surface area contributed by atoms with Crippen LogP contribution in [-0.4, -0.2) is 66.7 Å². The number of hydrogen-bond donors (Lipinski definition) is 0. The first-order valence-electron chi connectivity index (χ1n) is 8.27. The second kappa shape index (κ2) is 6.91. The lowest BCUT2D eigenvalue weighted by atomic mass is 9.85. The molecule has 2 amide bonds. The number of likely N-dealkylation sites (tertiary alicyclic amines) is 1. The summed E-state index contributed by atoms with van der Waals surface area (Å²) in [6.45, 7) is 3.86. The van der Waals surface area contributed by atoms with Crippen molar-refractivity contribution in [2.75, 3.05) is 33.4 Å². The summed E-state index contributed by atoms with van der Waals surface area (Å²) >= 11 is 0. The monoisotopic (exact) mass is 332 g/mol. The van der Waals surface area contributed by atoms with Crippen LogP contribution in [0.25, 0.3) is 0 Å². The standard InChI is InChI=1S/C18H24N2O4/c1-18-8-9-19(16(21)12-23-2)11-15(18)20(17(22)13-24-18)10-14-6-4-3-5-7-14/h3-7,15H,8-13H2,1-2H3/t15-,18-/m1/s1. The summed E-state index contributed by atoms with van der Waals surface area (Å²) in [4.78, 5) is 28.3. The fourth-order valence-corrected chi connectivity index (χ4v) is 3.52. The number of morpholine rings is 1. The highest BCUT2D eigenvalue weighted by molar-refractivity contribution is 5.80. The van der Waals surface area contributed by atoms with Crippen LogP contribution in [0.4, 0.5) is 0 Å². The van der Waals surface area contributed by atoms with Crippen molar-refractivity contribution in [1.29, 1.82) is 0 Å². The number of fused-ring (bicyclic) bond motifs is 1. The van der Waals surface area contributed by atoms with E-state index < -0.39 is 5.60 Å². The van der Waals surface area contributed by atoms with Crippen molar-refractivity contribution >= 4 is 11.8 Å². The Bertz CT molecular complexity index is 606. The molecule has 130 valence electrons. The van der Waals surface area contributed by atoms with Crippen LogP contribution in [0, 0.1) is 0 Å². The molecule has 3 rings (SSSR count). The van der Waals surface area contributed by atoms with E-state index in [4.69, 9.17) is 9.47 Å². The van der Waals surface area contributed by atoms with Crippen molar-refractivity contribution in [2.24, 2.45) is 0 Å². The van der Waals surface area contributed by atoms with Crippen LogP contribution in [-0.2, 0) is 25.6 Å². The minimum absolute atomic E-state index is 0.0256. The number of amides is 2. The van der Waals surface area contributed by atoms with E-state index >= 15 is 0 Å². The molecule has 1 aromatic rings. The zero-order valence-corrected chi connectivity index (χ0v) is 14.2. The molecule has 0 unspecified atom stereocenters. The predicted molar refractivity (Wildman–Crippen MR) is 88.2 cm³/mol. The van der Waals surface area contributed by atoms with Gasteiger partial charge in [-0.05, 0) is 18.9 Å². The number of carbonyl (C=O) groups is 2. The molecule has 24 heavy (non-hydrogen) atoms. The quantitative estimate of drug-likeness (QED) is 0.827. The third-order valence-corrected chi connectivity index (χ3v) is 5.01. The van der Waals surface area contributed by atoms with E-state index in [-0.39, 0.29) is 31.1 Å². The number of hydrogen-bond acceptors (Lipinski definition) is 4. The van der Waals surface area contributed by atoms with Crippen LogP contribution in [0.3, 0.4) is 0 Å². The molecule has 1 aromatic carbocycles. The molecule has 0 spiro atoms. The van der Waals surface area contributed by atoms with Crippen LogP contribution >= 0.6 is 0 Å². The highest BCUT2D eigenvalue weighted by Crippen LogP contribution is 2.34.